The maximum absolute atomic E-state index is 8.17. The molecule has 7 heteroatoms. The molecule has 0 amide bonds. The van der Waals surface area contributed by atoms with Crippen LogP contribution in [-0.4, -0.2) is 49.6 Å². The number of pyridine rings is 3. The van der Waals surface area contributed by atoms with Crippen molar-refractivity contribution in [3.05, 3.63) is 60.2 Å². The van der Waals surface area contributed by atoms with Gasteiger partial charge in [0.2, 0.25) is 0 Å². The molecule has 0 saturated heterocycles. The Morgan fingerprint density at radius 1 is 0.920 bits per heavy atom. The van der Waals surface area contributed by atoms with Crippen molar-refractivity contribution in [2.24, 2.45) is 0 Å². The summed E-state index contributed by atoms with van der Waals surface area (Å²) in [5, 5.41) is 24.0. The minimum absolute atomic E-state index is 0.365. The first kappa shape index (κ1) is 20.4. The number of aryl methyl sites for hydroxylation is 2. The van der Waals surface area contributed by atoms with E-state index in [0.717, 1.165) is 28.1 Å². The summed E-state index contributed by atoms with van der Waals surface area (Å²) < 4.78 is 0. The fourth-order valence-corrected chi connectivity index (χ4v) is 1.60. The van der Waals surface area contributed by atoms with Gasteiger partial charge in [0.25, 0.3) is 0 Å². The number of hydrogen-bond acceptors (Lipinski definition) is 7. The summed E-state index contributed by atoms with van der Waals surface area (Å²) in [6.07, 6.45) is 2.47. The number of aliphatic hydroxyl groups is 3. The average molecular weight is 344 g/mol. The summed E-state index contributed by atoms with van der Waals surface area (Å²) in [6.45, 7) is 3.18. The van der Waals surface area contributed by atoms with Gasteiger partial charge in [-0.3, -0.25) is 15.0 Å². The molecular formula is C18H24N4O3. The van der Waals surface area contributed by atoms with Crippen molar-refractivity contribution >= 4 is 16.7 Å². The molecule has 0 aromatic carbocycles. The monoisotopic (exact) mass is 344 g/mol. The van der Waals surface area contributed by atoms with Crippen molar-refractivity contribution in [2.45, 2.75) is 20.0 Å². The zero-order chi connectivity index (χ0) is 18.7. The third kappa shape index (κ3) is 8.16. The number of nitrogens with zero attached hydrogens (tertiary/aromatic N) is 3. The Morgan fingerprint density at radius 3 is 2.12 bits per heavy atom. The number of rotatable bonds is 2. The molecule has 5 N–H and O–H groups in total. The van der Waals surface area contributed by atoms with E-state index < -0.39 is 6.10 Å². The molecule has 25 heavy (non-hydrogen) atoms. The van der Waals surface area contributed by atoms with Crippen molar-refractivity contribution in [1.82, 2.24) is 15.0 Å². The molecule has 7 nitrogen and oxygen atoms in total. The predicted octanol–water partition coefficient (Wildman–Crippen LogP) is 1.24. The van der Waals surface area contributed by atoms with E-state index in [2.05, 4.69) is 15.0 Å². The normalized spacial score (nSPS) is 9.84. The van der Waals surface area contributed by atoms with Crippen molar-refractivity contribution in [3.8, 4) is 0 Å². The van der Waals surface area contributed by atoms with Gasteiger partial charge in [0.05, 0.1) is 36.1 Å². The minimum Gasteiger partial charge on any atom is -0.397 e. The Morgan fingerprint density at radius 2 is 1.60 bits per heavy atom. The molecule has 0 bridgehead atoms. The smallest absolute Gasteiger partial charge is 0.100 e. The quantitative estimate of drug-likeness (QED) is 0.551. The first-order chi connectivity index (χ1) is 12.0. The van der Waals surface area contributed by atoms with E-state index in [1.165, 1.54) is 0 Å². The van der Waals surface area contributed by atoms with Crippen molar-refractivity contribution in [1.29, 1.82) is 0 Å². The van der Waals surface area contributed by atoms with Crippen molar-refractivity contribution < 1.29 is 15.3 Å². The summed E-state index contributed by atoms with van der Waals surface area (Å²) in [4.78, 5) is 12.4. The van der Waals surface area contributed by atoms with Gasteiger partial charge < -0.3 is 21.1 Å². The van der Waals surface area contributed by atoms with Crippen LogP contribution in [0.1, 0.15) is 11.4 Å². The maximum atomic E-state index is 8.17. The van der Waals surface area contributed by atoms with E-state index in [9.17, 15) is 0 Å². The first-order valence-electron chi connectivity index (χ1n) is 7.72. The molecule has 3 heterocycles. The lowest BCUT2D eigenvalue weighted by Gasteiger charge is -1.96. The van der Waals surface area contributed by atoms with Gasteiger partial charge in [0.15, 0.2) is 0 Å². The standard InChI is InChI=1S/C9H8N2.C6H8N2.C3H8O3/c1-7-4-5-8-9(11-7)3-2-6-10-8;1-5-2-3-6(7)4-8-5;4-1-3(6)2-5/h2-6H,1H3;2-4H,7H2,1H3;3-6H,1-2H2. The lowest BCUT2D eigenvalue weighted by molar-refractivity contribution is 0.0450. The molecule has 0 radical (unpaired) electrons. The Kier molecular flexibility index (Phi) is 9.02. The highest BCUT2D eigenvalue weighted by Gasteiger charge is 1.94. The summed E-state index contributed by atoms with van der Waals surface area (Å²) in [7, 11) is 0. The Labute approximate surface area is 146 Å². The minimum atomic E-state index is -0.954. The molecule has 0 spiro atoms. The van der Waals surface area contributed by atoms with Gasteiger partial charge in [-0.05, 0) is 50.2 Å². The summed E-state index contributed by atoms with van der Waals surface area (Å²) in [5.74, 6) is 0. The second kappa shape index (κ2) is 11.0. The van der Waals surface area contributed by atoms with E-state index in [0.29, 0.717) is 0 Å². The van der Waals surface area contributed by atoms with Gasteiger partial charge in [-0.15, -0.1) is 0 Å². The summed E-state index contributed by atoms with van der Waals surface area (Å²) in [5.41, 5.74) is 10.0. The Bertz CT molecular complexity index is 726. The highest BCUT2D eigenvalue weighted by molar-refractivity contribution is 5.73. The van der Waals surface area contributed by atoms with Crippen LogP contribution in [0.3, 0.4) is 0 Å². The fourth-order valence-electron chi connectivity index (χ4n) is 1.60. The molecule has 0 atom stereocenters. The average Bonchev–Trinajstić information content (AvgIpc) is 2.64. The molecule has 3 aromatic heterocycles. The largest absolute Gasteiger partial charge is 0.397 e. The van der Waals surface area contributed by atoms with E-state index in [1.807, 2.05) is 50.2 Å². The highest BCUT2D eigenvalue weighted by Crippen LogP contribution is 2.07. The number of aliphatic hydroxyl groups excluding tert-OH is 3. The Balaban J connectivity index is 0.000000199. The molecule has 3 rings (SSSR count). The topological polar surface area (TPSA) is 125 Å². The molecular weight excluding hydrogens is 320 g/mol. The van der Waals surface area contributed by atoms with Crippen LogP contribution in [0.15, 0.2) is 48.8 Å². The molecule has 0 saturated carbocycles. The van der Waals surface area contributed by atoms with Crippen LogP contribution < -0.4 is 5.73 Å². The zero-order valence-corrected chi connectivity index (χ0v) is 14.4. The van der Waals surface area contributed by atoms with Crippen LogP contribution in [0.2, 0.25) is 0 Å². The summed E-state index contributed by atoms with van der Waals surface area (Å²) in [6, 6.07) is 11.5. The van der Waals surface area contributed by atoms with E-state index >= 15 is 0 Å². The second-order valence-electron chi connectivity index (χ2n) is 5.25. The van der Waals surface area contributed by atoms with Crippen LogP contribution >= 0.6 is 0 Å². The van der Waals surface area contributed by atoms with Crippen LogP contribution in [0, 0.1) is 13.8 Å². The van der Waals surface area contributed by atoms with Gasteiger partial charge in [-0.2, -0.15) is 0 Å². The number of nitrogen functional groups attached to an aromatic ring is 1. The van der Waals surface area contributed by atoms with Crippen LogP contribution in [0.4, 0.5) is 5.69 Å². The molecule has 0 fully saturated rings. The Hall–Kier alpha value is -2.61. The number of anilines is 1. The van der Waals surface area contributed by atoms with Gasteiger partial charge in [-0.25, -0.2) is 0 Å². The van der Waals surface area contributed by atoms with Crippen molar-refractivity contribution in [2.75, 3.05) is 18.9 Å². The first-order valence-corrected chi connectivity index (χ1v) is 7.72. The number of fused-ring (bicyclic) bond motifs is 1. The van der Waals surface area contributed by atoms with Crippen LogP contribution in [0.25, 0.3) is 11.0 Å². The van der Waals surface area contributed by atoms with E-state index in [-0.39, 0.29) is 13.2 Å². The van der Waals surface area contributed by atoms with E-state index in [4.69, 9.17) is 21.1 Å². The maximum Gasteiger partial charge on any atom is 0.100 e. The lowest BCUT2D eigenvalue weighted by atomic mass is 10.3. The highest BCUT2D eigenvalue weighted by atomic mass is 16.3. The SMILES string of the molecule is Cc1ccc(N)cn1.Cc1ccc2ncccc2n1.OCC(O)CO. The number of nitrogens with two attached hydrogens (primary N) is 1. The lowest BCUT2D eigenvalue weighted by Crippen LogP contribution is -2.15. The van der Waals surface area contributed by atoms with Crippen molar-refractivity contribution in [3.63, 3.8) is 0 Å². The molecule has 0 aliphatic carbocycles. The third-order valence-corrected chi connectivity index (χ3v) is 2.95. The van der Waals surface area contributed by atoms with Crippen LogP contribution in [0.5, 0.6) is 0 Å². The molecule has 0 unspecified atom stereocenters. The van der Waals surface area contributed by atoms with Gasteiger partial charge in [-0.1, -0.05) is 0 Å². The summed E-state index contributed by atoms with van der Waals surface area (Å²) >= 11 is 0. The predicted molar refractivity (Wildman–Crippen MR) is 97.8 cm³/mol. The van der Waals surface area contributed by atoms with Crippen LogP contribution in [-0.2, 0) is 0 Å². The fraction of sp³-hybridized carbons (Fsp3) is 0.278. The van der Waals surface area contributed by atoms with E-state index in [1.54, 1.807) is 12.4 Å². The van der Waals surface area contributed by atoms with Gasteiger partial charge in [0.1, 0.15) is 6.10 Å². The third-order valence-electron chi connectivity index (χ3n) is 2.95. The van der Waals surface area contributed by atoms with Gasteiger partial charge in [0, 0.05) is 17.6 Å². The number of aromatic nitrogens is 3. The van der Waals surface area contributed by atoms with Gasteiger partial charge >= 0.3 is 0 Å². The number of hydrogen-bond donors (Lipinski definition) is 4. The molecule has 0 aliphatic heterocycles. The molecule has 3 aromatic rings. The molecule has 0 aliphatic rings. The zero-order valence-electron chi connectivity index (χ0n) is 14.4. The molecule has 134 valence electrons. The second-order valence-corrected chi connectivity index (χ2v) is 5.25.